The molecule has 0 bridgehead atoms. The van der Waals surface area contributed by atoms with E-state index in [2.05, 4.69) is 36.1 Å². The smallest absolute Gasteiger partial charge is 0.243 e. The standard InChI is InChI=1S/C19H23ClN2O2S/c1-16-15-22(25(23,24)19-9-7-18(20)8-10-19)14-13-21(16)12-11-17-5-3-2-4-6-17/h2-10,16H,11-15H2,1H3. The Balaban J connectivity index is 1.62. The SMILES string of the molecule is CC1CN(S(=O)(=O)c2ccc(Cl)cc2)CCN1CCc1ccccc1. The minimum absolute atomic E-state index is 0.194. The van der Waals surface area contributed by atoms with Crippen LogP contribution in [-0.4, -0.2) is 49.8 Å². The van der Waals surface area contributed by atoms with Crippen LogP contribution in [0.4, 0.5) is 0 Å². The van der Waals surface area contributed by atoms with Crippen LogP contribution in [0.25, 0.3) is 0 Å². The third-order valence-electron chi connectivity index (χ3n) is 4.71. The van der Waals surface area contributed by atoms with Gasteiger partial charge in [-0.15, -0.1) is 0 Å². The number of hydrogen-bond donors (Lipinski definition) is 0. The van der Waals surface area contributed by atoms with Crippen molar-refractivity contribution in [2.75, 3.05) is 26.2 Å². The van der Waals surface area contributed by atoms with Crippen molar-refractivity contribution in [3.8, 4) is 0 Å². The zero-order valence-corrected chi connectivity index (χ0v) is 15.9. The molecule has 4 nitrogen and oxygen atoms in total. The molecule has 3 rings (SSSR count). The molecule has 0 radical (unpaired) electrons. The van der Waals surface area contributed by atoms with Gasteiger partial charge in [0.2, 0.25) is 10.0 Å². The van der Waals surface area contributed by atoms with E-state index in [1.165, 1.54) is 5.56 Å². The lowest BCUT2D eigenvalue weighted by Gasteiger charge is -2.39. The Bertz CT molecular complexity index is 794. The predicted molar refractivity (Wildman–Crippen MR) is 101 cm³/mol. The molecule has 2 aromatic rings. The van der Waals surface area contributed by atoms with E-state index in [9.17, 15) is 8.42 Å². The molecule has 6 heteroatoms. The summed E-state index contributed by atoms with van der Waals surface area (Å²) in [7, 11) is -3.45. The van der Waals surface area contributed by atoms with Gasteiger partial charge in [-0.1, -0.05) is 41.9 Å². The van der Waals surface area contributed by atoms with Crippen LogP contribution in [0.5, 0.6) is 0 Å². The number of rotatable bonds is 5. The average molecular weight is 379 g/mol. The summed E-state index contributed by atoms with van der Waals surface area (Å²) < 4.78 is 27.2. The summed E-state index contributed by atoms with van der Waals surface area (Å²) >= 11 is 5.86. The second kappa shape index (κ2) is 7.87. The van der Waals surface area contributed by atoms with Gasteiger partial charge in [0, 0.05) is 37.2 Å². The molecule has 0 saturated carbocycles. The first-order chi connectivity index (χ1) is 12.0. The van der Waals surface area contributed by atoms with Gasteiger partial charge in [-0.05, 0) is 43.2 Å². The lowest BCUT2D eigenvalue weighted by atomic mass is 10.1. The van der Waals surface area contributed by atoms with Crippen molar-refractivity contribution in [1.29, 1.82) is 0 Å². The van der Waals surface area contributed by atoms with E-state index >= 15 is 0 Å². The first-order valence-electron chi connectivity index (χ1n) is 8.50. The van der Waals surface area contributed by atoms with E-state index < -0.39 is 10.0 Å². The maximum atomic E-state index is 12.8. The quantitative estimate of drug-likeness (QED) is 0.801. The number of hydrogen-bond acceptors (Lipinski definition) is 3. The Hall–Kier alpha value is -1.40. The van der Waals surface area contributed by atoms with Crippen molar-refractivity contribution in [1.82, 2.24) is 9.21 Å². The summed E-state index contributed by atoms with van der Waals surface area (Å²) in [6.45, 7) is 4.82. The Morgan fingerprint density at radius 1 is 1.04 bits per heavy atom. The maximum Gasteiger partial charge on any atom is 0.243 e. The van der Waals surface area contributed by atoms with Crippen molar-refractivity contribution in [3.63, 3.8) is 0 Å². The molecule has 0 aromatic heterocycles. The van der Waals surface area contributed by atoms with Crippen molar-refractivity contribution in [3.05, 3.63) is 65.2 Å². The minimum Gasteiger partial charge on any atom is -0.298 e. The maximum absolute atomic E-state index is 12.8. The van der Waals surface area contributed by atoms with Crippen molar-refractivity contribution in [2.45, 2.75) is 24.3 Å². The Labute approximate surface area is 155 Å². The van der Waals surface area contributed by atoms with E-state index in [1.54, 1.807) is 28.6 Å². The molecule has 2 aromatic carbocycles. The van der Waals surface area contributed by atoms with Crippen LogP contribution in [0.15, 0.2) is 59.5 Å². The van der Waals surface area contributed by atoms with Gasteiger partial charge < -0.3 is 0 Å². The summed E-state index contributed by atoms with van der Waals surface area (Å²) in [6.07, 6.45) is 0.981. The van der Waals surface area contributed by atoms with Crippen LogP contribution in [0.1, 0.15) is 12.5 Å². The molecule has 1 unspecified atom stereocenters. The Kier molecular flexibility index (Phi) is 5.79. The number of benzene rings is 2. The van der Waals surface area contributed by atoms with Crippen LogP contribution >= 0.6 is 11.6 Å². The normalized spacial score (nSPS) is 19.8. The van der Waals surface area contributed by atoms with Crippen LogP contribution in [-0.2, 0) is 16.4 Å². The van der Waals surface area contributed by atoms with Gasteiger partial charge in [0.15, 0.2) is 0 Å². The lowest BCUT2D eigenvalue weighted by molar-refractivity contribution is 0.130. The van der Waals surface area contributed by atoms with Crippen LogP contribution in [0.2, 0.25) is 5.02 Å². The molecule has 134 valence electrons. The third-order valence-corrected chi connectivity index (χ3v) is 6.84. The van der Waals surface area contributed by atoms with E-state index in [0.29, 0.717) is 23.0 Å². The molecule has 1 fully saturated rings. The van der Waals surface area contributed by atoms with Crippen LogP contribution in [0.3, 0.4) is 0 Å². The fourth-order valence-corrected chi connectivity index (χ4v) is 4.82. The summed E-state index contributed by atoms with van der Waals surface area (Å²) in [5, 5.41) is 0.540. The molecule has 25 heavy (non-hydrogen) atoms. The third kappa shape index (κ3) is 4.42. The highest BCUT2D eigenvalue weighted by molar-refractivity contribution is 7.89. The highest BCUT2D eigenvalue weighted by Crippen LogP contribution is 2.21. The molecule has 1 atom stereocenters. The first kappa shape index (κ1) is 18.4. The highest BCUT2D eigenvalue weighted by Gasteiger charge is 2.31. The molecule has 1 heterocycles. The predicted octanol–water partition coefficient (Wildman–Crippen LogP) is 3.28. The first-order valence-corrected chi connectivity index (χ1v) is 10.3. The Morgan fingerprint density at radius 2 is 1.72 bits per heavy atom. The topological polar surface area (TPSA) is 40.6 Å². The van der Waals surface area contributed by atoms with Gasteiger partial charge in [-0.3, -0.25) is 4.90 Å². The van der Waals surface area contributed by atoms with E-state index in [4.69, 9.17) is 11.6 Å². The number of sulfonamides is 1. The molecule has 0 amide bonds. The van der Waals surface area contributed by atoms with E-state index in [-0.39, 0.29) is 6.04 Å². The van der Waals surface area contributed by atoms with Gasteiger partial charge in [-0.25, -0.2) is 8.42 Å². The number of piperazine rings is 1. The van der Waals surface area contributed by atoms with Crippen LogP contribution < -0.4 is 0 Å². The molecule has 1 saturated heterocycles. The van der Waals surface area contributed by atoms with Gasteiger partial charge >= 0.3 is 0 Å². The minimum atomic E-state index is -3.45. The molecule has 1 aliphatic rings. The van der Waals surface area contributed by atoms with Gasteiger partial charge in [-0.2, -0.15) is 4.31 Å². The summed E-state index contributed by atoms with van der Waals surface area (Å²) in [5.41, 5.74) is 1.31. The van der Waals surface area contributed by atoms with Crippen molar-refractivity contribution < 1.29 is 8.42 Å². The molecular formula is C19H23ClN2O2S. The Morgan fingerprint density at radius 3 is 2.36 bits per heavy atom. The van der Waals surface area contributed by atoms with Crippen molar-refractivity contribution in [2.24, 2.45) is 0 Å². The fraction of sp³-hybridized carbons (Fsp3) is 0.368. The van der Waals surface area contributed by atoms with Crippen molar-refractivity contribution >= 4 is 21.6 Å². The highest BCUT2D eigenvalue weighted by atomic mass is 35.5. The second-order valence-corrected chi connectivity index (χ2v) is 8.81. The summed E-state index contributed by atoms with van der Waals surface area (Å²) in [6, 6.07) is 17.0. The van der Waals surface area contributed by atoms with Gasteiger partial charge in [0.05, 0.1) is 4.90 Å². The molecule has 1 aliphatic heterocycles. The lowest BCUT2D eigenvalue weighted by Crippen LogP contribution is -2.53. The number of nitrogens with zero attached hydrogens (tertiary/aromatic N) is 2. The zero-order valence-electron chi connectivity index (χ0n) is 14.3. The summed E-state index contributed by atoms with van der Waals surface area (Å²) in [4.78, 5) is 2.67. The van der Waals surface area contributed by atoms with E-state index in [1.807, 2.05) is 6.07 Å². The average Bonchev–Trinajstić information content (AvgIpc) is 2.62. The molecule has 0 spiro atoms. The second-order valence-electron chi connectivity index (χ2n) is 6.44. The zero-order chi connectivity index (χ0) is 17.9. The van der Waals surface area contributed by atoms with E-state index in [0.717, 1.165) is 19.5 Å². The largest absolute Gasteiger partial charge is 0.298 e. The molecular weight excluding hydrogens is 356 g/mol. The fourth-order valence-electron chi connectivity index (χ4n) is 3.19. The number of halogens is 1. The monoisotopic (exact) mass is 378 g/mol. The molecule has 0 N–H and O–H groups in total. The van der Waals surface area contributed by atoms with Gasteiger partial charge in [0.25, 0.3) is 0 Å². The van der Waals surface area contributed by atoms with Gasteiger partial charge in [0.1, 0.15) is 0 Å². The summed E-state index contributed by atoms with van der Waals surface area (Å²) in [5.74, 6) is 0. The van der Waals surface area contributed by atoms with Crippen LogP contribution in [0, 0.1) is 0 Å². The molecule has 0 aliphatic carbocycles.